The zero-order valence-electron chi connectivity index (χ0n) is 16.9. The summed E-state index contributed by atoms with van der Waals surface area (Å²) in [7, 11) is -4.05. The highest BCUT2D eigenvalue weighted by Gasteiger charge is 2.31. The third kappa shape index (κ3) is 5.38. The maximum absolute atomic E-state index is 12.7. The first-order valence-corrected chi connectivity index (χ1v) is 10.7. The number of anilines is 1. The number of ether oxygens (including phenoxy) is 1. The molecule has 0 unspecified atom stereocenters. The number of hydrogen-bond donors (Lipinski definition) is 2. The second-order valence-corrected chi connectivity index (χ2v) is 8.66. The first-order chi connectivity index (χ1) is 14.9. The van der Waals surface area contributed by atoms with Crippen LogP contribution in [0.25, 0.3) is 11.1 Å². The van der Waals surface area contributed by atoms with Gasteiger partial charge in [0.2, 0.25) is 0 Å². The third-order valence-corrected chi connectivity index (χ3v) is 6.10. The minimum Gasteiger partial charge on any atom is -0.478 e. The highest BCUT2D eigenvalue weighted by molar-refractivity contribution is 7.92. The lowest BCUT2D eigenvalue weighted by atomic mass is 10.0. The third-order valence-electron chi connectivity index (χ3n) is 4.74. The molecule has 3 rings (SSSR count). The van der Waals surface area contributed by atoms with E-state index in [1.165, 1.54) is 42.5 Å². The molecule has 0 saturated heterocycles. The average Bonchev–Trinajstić information content (AvgIpc) is 2.69. The van der Waals surface area contributed by atoms with Gasteiger partial charge in [0.05, 0.1) is 10.5 Å². The zero-order chi connectivity index (χ0) is 23.7. The Balaban J connectivity index is 1.80. The summed E-state index contributed by atoms with van der Waals surface area (Å²) in [4.78, 5) is 11.2. The van der Waals surface area contributed by atoms with Gasteiger partial charge in [-0.15, -0.1) is 13.2 Å². The Labute approximate surface area is 182 Å². The number of alkyl halides is 3. The van der Waals surface area contributed by atoms with Gasteiger partial charge in [0, 0.05) is 5.69 Å². The summed E-state index contributed by atoms with van der Waals surface area (Å²) >= 11 is 0. The fourth-order valence-corrected chi connectivity index (χ4v) is 4.17. The van der Waals surface area contributed by atoms with Crippen molar-refractivity contribution in [2.75, 3.05) is 4.72 Å². The molecule has 0 bridgehead atoms. The number of benzene rings is 3. The van der Waals surface area contributed by atoms with Gasteiger partial charge in [-0.2, -0.15) is 0 Å². The van der Waals surface area contributed by atoms with Crippen molar-refractivity contribution in [2.45, 2.75) is 25.1 Å². The number of carboxylic acid groups (broad SMARTS) is 1. The van der Waals surface area contributed by atoms with Crippen molar-refractivity contribution in [2.24, 2.45) is 0 Å². The SMILES string of the molecule is Cc1cc(S(=O)(=O)Nc2ccc(-c3ccc(OC(F)(F)F)cc3)cc2)cc(C(=O)O)c1C. The summed E-state index contributed by atoms with van der Waals surface area (Å²) in [6.07, 6.45) is -4.78. The van der Waals surface area contributed by atoms with Crippen molar-refractivity contribution in [1.29, 1.82) is 0 Å². The van der Waals surface area contributed by atoms with E-state index >= 15 is 0 Å². The van der Waals surface area contributed by atoms with E-state index in [-0.39, 0.29) is 21.9 Å². The molecule has 3 aromatic rings. The van der Waals surface area contributed by atoms with Crippen molar-refractivity contribution < 1.29 is 36.2 Å². The lowest BCUT2D eigenvalue weighted by Gasteiger charge is -2.12. The molecule has 0 fully saturated rings. The molecule has 0 aliphatic heterocycles. The van der Waals surface area contributed by atoms with Gasteiger partial charge < -0.3 is 9.84 Å². The van der Waals surface area contributed by atoms with Crippen molar-refractivity contribution in [3.05, 3.63) is 77.4 Å². The predicted octanol–water partition coefficient (Wildman–Crippen LogP) is 5.37. The number of carbonyl (C=O) groups is 1. The number of hydrogen-bond acceptors (Lipinski definition) is 4. The first kappa shape index (κ1) is 23.1. The molecule has 2 N–H and O–H groups in total. The van der Waals surface area contributed by atoms with E-state index in [1.54, 1.807) is 26.0 Å². The summed E-state index contributed by atoms with van der Waals surface area (Å²) in [6, 6.07) is 13.9. The Morgan fingerprint density at radius 3 is 1.97 bits per heavy atom. The maximum Gasteiger partial charge on any atom is 0.573 e. The molecule has 0 heterocycles. The van der Waals surface area contributed by atoms with Crippen LogP contribution in [-0.2, 0) is 10.0 Å². The van der Waals surface area contributed by atoms with Gasteiger partial charge in [0.1, 0.15) is 5.75 Å². The molecule has 0 amide bonds. The number of sulfonamides is 1. The number of carboxylic acids is 1. The summed E-state index contributed by atoms with van der Waals surface area (Å²) in [5.74, 6) is -1.57. The van der Waals surface area contributed by atoms with E-state index in [9.17, 15) is 31.5 Å². The molecule has 32 heavy (non-hydrogen) atoms. The van der Waals surface area contributed by atoms with Crippen LogP contribution in [0.1, 0.15) is 21.5 Å². The molecule has 168 valence electrons. The van der Waals surface area contributed by atoms with E-state index in [1.807, 2.05) is 0 Å². The monoisotopic (exact) mass is 465 g/mol. The number of rotatable bonds is 6. The second-order valence-electron chi connectivity index (χ2n) is 6.97. The molecule has 0 aliphatic rings. The predicted molar refractivity (Wildman–Crippen MR) is 112 cm³/mol. The largest absolute Gasteiger partial charge is 0.573 e. The Hall–Kier alpha value is -3.53. The van der Waals surface area contributed by atoms with E-state index in [4.69, 9.17) is 0 Å². The highest BCUT2D eigenvalue weighted by atomic mass is 32.2. The molecular formula is C22H18F3NO5S. The molecule has 3 aromatic carbocycles. The van der Waals surface area contributed by atoms with Crippen molar-refractivity contribution in [3.8, 4) is 16.9 Å². The summed E-state index contributed by atoms with van der Waals surface area (Å²) in [6.45, 7) is 3.23. The van der Waals surface area contributed by atoms with Gasteiger partial charge in [-0.3, -0.25) is 4.72 Å². The molecular weight excluding hydrogens is 447 g/mol. The van der Waals surface area contributed by atoms with Gasteiger partial charge in [0.15, 0.2) is 0 Å². The Bertz CT molecular complexity index is 1250. The van der Waals surface area contributed by atoms with Gasteiger partial charge in [-0.05, 0) is 72.5 Å². The van der Waals surface area contributed by atoms with Gasteiger partial charge in [-0.25, -0.2) is 13.2 Å². The molecule has 0 aliphatic carbocycles. The zero-order valence-corrected chi connectivity index (χ0v) is 17.7. The molecule has 10 heteroatoms. The topological polar surface area (TPSA) is 92.7 Å². The Morgan fingerprint density at radius 2 is 1.47 bits per heavy atom. The van der Waals surface area contributed by atoms with Crippen LogP contribution in [0.3, 0.4) is 0 Å². The van der Waals surface area contributed by atoms with Crippen LogP contribution in [-0.4, -0.2) is 25.9 Å². The molecule has 0 radical (unpaired) electrons. The van der Waals surface area contributed by atoms with E-state index < -0.39 is 22.4 Å². The molecule has 0 spiro atoms. The fourth-order valence-electron chi connectivity index (χ4n) is 3.00. The number of aromatic carboxylic acids is 1. The molecule has 0 aromatic heterocycles. The minimum absolute atomic E-state index is 0.0985. The average molecular weight is 465 g/mol. The normalized spacial score (nSPS) is 11.8. The number of halogens is 3. The standard InChI is InChI=1S/C22H18F3NO5S/c1-13-11-19(12-20(14(13)2)21(27)28)32(29,30)26-17-7-3-15(4-8-17)16-5-9-18(10-6-16)31-22(23,24)25/h3-12,26H,1-2H3,(H,27,28). The van der Waals surface area contributed by atoms with Crippen LogP contribution in [0.2, 0.25) is 0 Å². The highest BCUT2D eigenvalue weighted by Crippen LogP contribution is 2.28. The van der Waals surface area contributed by atoms with Crippen molar-refractivity contribution >= 4 is 21.7 Å². The van der Waals surface area contributed by atoms with Gasteiger partial charge in [-0.1, -0.05) is 24.3 Å². The van der Waals surface area contributed by atoms with Crippen LogP contribution >= 0.6 is 0 Å². The summed E-state index contributed by atoms with van der Waals surface area (Å²) in [5.41, 5.74) is 2.39. The molecule has 6 nitrogen and oxygen atoms in total. The maximum atomic E-state index is 12.7. The van der Waals surface area contributed by atoms with Gasteiger partial charge in [0.25, 0.3) is 10.0 Å². The van der Waals surface area contributed by atoms with Crippen LogP contribution in [0.4, 0.5) is 18.9 Å². The minimum atomic E-state index is -4.78. The number of nitrogens with one attached hydrogen (secondary N) is 1. The summed E-state index contributed by atoms with van der Waals surface area (Å²) in [5, 5.41) is 9.30. The van der Waals surface area contributed by atoms with Crippen LogP contribution in [0.15, 0.2) is 65.6 Å². The lowest BCUT2D eigenvalue weighted by Crippen LogP contribution is -2.16. The van der Waals surface area contributed by atoms with E-state index in [2.05, 4.69) is 9.46 Å². The van der Waals surface area contributed by atoms with E-state index in [0.29, 0.717) is 22.3 Å². The van der Waals surface area contributed by atoms with E-state index in [0.717, 1.165) is 6.07 Å². The summed E-state index contributed by atoms with van der Waals surface area (Å²) < 4.78 is 68.5. The van der Waals surface area contributed by atoms with Gasteiger partial charge >= 0.3 is 12.3 Å². The number of aryl methyl sites for hydroxylation is 1. The quantitative estimate of drug-likeness (QED) is 0.511. The Kier molecular flexibility index (Phi) is 6.18. The Morgan fingerprint density at radius 1 is 0.938 bits per heavy atom. The van der Waals surface area contributed by atoms with Crippen molar-refractivity contribution in [1.82, 2.24) is 0 Å². The van der Waals surface area contributed by atoms with Crippen LogP contribution < -0.4 is 9.46 Å². The second kappa shape index (κ2) is 8.54. The van der Waals surface area contributed by atoms with Crippen molar-refractivity contribution in [3.63, 3.8) is 0 Å². The van der Waals surface area contributed by atoms with Crippen LogP contribution in [0, 0.1) is 13.8 Å². The smallest absolute Gasteiger partial charge is 0.478 e. The molecule has 0 saturated carbocycles. The fraction of sp³-hybridized carbons (Fsp3) is 0.136. The first-order valence-electron chi connectivity index (χ1n) is 9.19. The van der Waals surface area contributed by atoms with Crippen LogP contribution in [0.5, 0.6) is 5.75 Å². The molecule has 0 atom stereocenters. The lowest BCUT2D eigenvalue weighted by molar-refractivity contribution is -0.274.